The summed E-state index contributed by atoms with van der Waals surface area (Å²) in [5.41, 5.74) is 2.50. The van der Waals surface area contributed by atoms with Crippen LogP contribution in [-0.2, 0) is 4.79 Å². The van der Waals surface area contributed by atoms with E-state index >= 15 is 0 Å². The lowest BCUT2D eigenvalue weighted by molar-refractivity contribution is -0.132. The summed E-state index contributed by atoms with van der Waals surface area (Å²) in [6.45, 7) is 9.09. The Bertz CT molecular complexity index is 598. The zero-order valence-corrected chi connectivity index (χ0v) is 15.2. The smallest absolute Gasteiger partial charge is 0.251 e. The Kier molecular flexibility index (Phi) is 6.23. The summed E-state index contributed by atoms with van der Waals surface area (Å²) in [6.07, 6.45) is 3.39. The van der Waals surface area contributed by atoms with Gasteiger partial charge in [0.25, 0.3) is 5.91 Å². The molecule has 24 heavy (non-hydrogen) atoms. The van der Waals surface area contributed by atoms with E-state index in [9.17, 15) is 9.59 Å². The molecule has 0 aliphatic carbocycles. The van der Waals surface area contributed by atoms with Crippen LogP contribution in [0.4, 0.5) is 5.69 Å². The maximum absolute atomic E-state index is 12.4. The molecule has 0 aromatic heterocycles. The fourth-order valence-electron chi connectivity index (χ4n) is 3.09. The van der Waals surface area contributed by atoms with E-state index in [2.05, 4.69) is 17.6 Å². The first-order valence-corrected chi connectivity index (χ1v) is 8.83. The Morgan fingerprint density at radius 1 is 1.29 bits per heavy atom. The number of hydrogen-bond donors (Lipinski definition) is 2. The molecule has 0 saturated carbocycles. The van der Waals surface area contributed by atoms with E-state index in [1.165, 1.54) is 6.42 Å². The van der Waals surface area contributed by atoms with Gasteiger partial charge in [-0.25, -0.2) is 0 Å². The van der Waals surface area contributed by atoms with Crippen LogP contribution in [0.1, 0.15) is 56.0 Å². The topological polar surface area (TPSA) is 61.4 Å². The van der Waals surface area contributed by atoms with Crippen LogP contribution in [-0.4, -0.2) is 41.9 Å². The number of rotatable bonds is 5. The quantitative estimate of drug-likeness (QED) is 0.872. The van der Waals surface area contributed by atoms with Crippen molar-refractivity contribution in [3.63, 3.8) is 0 Å². The van der Waals surface area contributed by atoms with Crippen LogP contribution >= 0.6 is 0 Å². The molecule has 5 nitrogen and oxygen atoms in total. The number of nitrogens with zero attached hydrogens (tertiary/aromatic N) is 1. The summed E-state index contributed by atoms with van der Waals surface area (Å²) < 4.78 is 0. The van der Waals surface area contributed by atoms with Gasteiger partial charge in [-0.15, -0.1) is 0 Å². The van der Waals surface area contributed by atoms with E-state index in [-0.39, 0.29) is 17.9 Å². The van der Waals surface area contributed by atoms with Crippen molar-refractivity contribution in [3.05, 3.63) is 29.3 Å². The van der Waals surface area contributed by atoms with E-state index in [1.54, 1.807) is 6.07 Å². The van der Waals surface area contributed by atoms with Crippen LogP contribution in [0, 0.1) is 6.92 Å². The molecule has 132 valence electrons. The third kappa shape index (κ3) is 4.73. The van der Waals surface area contributed by atoms with E-state index < -0.39 is 0 Å². The highest BCUT2D eigenvalue weighted by molar-refractivity contribution is 5.95. The van der Waals surface area contributed by atoms with Crippen LogP contribution < -0.4 is 10.6 Å². The minimum Gasteiger partial charge on any atom is -0.376 e. The summed E-state index contributed by atoms with van der Waals surface area (Å²) >= 11 is 0. The number of nitrogens with one attached hydrogen (secondary N) is 2. The molecule has 1 aromatic carbocycles. The van der Waals surface area contributed by atoms with Crippen molar-refractivity contribution < 1.29 is 9.59 Å². The molecule has 2 rings (SSSR count). The Morgan fingerprint density at radius 3 is 2.67 bits per heavy atom. The molecule has 1 aliphatic heterocycles. The monoisotopic (exact) mass is 331 g/mol. The minimum absolute atomic E-state index is 0.0714. The van der Waals surface area contributed by atoms with Crippen LogP contribution in [0.2, 0.25) is 0 Å². The number of amides is 2. The van der Waals surface area contributed by atoms with Gasteiger partial charge < -0.3 is 15.5 Å². The maximum atomic E-state index is 12.4. The lowest BCUT2D eigenvalue weighted by Gasteiger charge is -2.33. The van der Waals surface area contributed by atoms with Gasteiger partial charge in [-0.1, -0.05) is 0 Å². The molecular weight excluding hydrogens is 302 g/mol. The molecular formula is C19H29N3O2. The van der Waals surface area contributed by atoms with E-state index in [4.69, 9.17) is 0 Å². The predicted molar refractivity (Wildman–Crippen MR) is 97.3 cm³/mol. The molecule has 0 bridgehead atoms. The summed E-state index contributed by atoms with van der Waals surface area (Å²) in [4.78, 5) is 26.4. The van der Waals surface area contributed by atoms with Crippen molar-refractivity contribution in [2.75, 3.05) is 18.4 Å². The lowest BCUT2D eigenvalue weighted by Crippen LogP contribution is -2.44. The molecule has 5 heteroatoms. The van der Waals surface area contributed by atoms with Gasteiger partial charge in [0.15, 0.2) is 0 Å². The molecule has 1 aromatic rings. The SMILES string of the molecule is Cc1cc(C(=O)NC(C)C)ccc1NCC(=O)N1CCCCC1C. The highest BCUT2D eigenvalue weighted by atomic mass is 16.2. The average molecular weight is 331 g/mol. The van der Waals surface area contributed by atoms with Crippen LogP contribution in [0.3, 0.4) is 0 Å². The minimum atomic E-state index is -0.0714. The van der Waals surface area contributed by atoms with Crippen molar-refractivity contribution in [2.45, 2.75) is 59.0 Å². The number of benzene rings is 1. The molecule has 0 radical (unpaired) electrons. The van der Waals surface area contributed by atoms with Crippen molar-refractivity contribution in [1.82, 2.24) is 10.2 Å². The molecule has 1 fully saturated rings. The van der Waals surface area contributed by atoms with E-state index in [0.717, 1.165) is 30.6 Å². The highest BCUT2D eigenvalue weighted by Crippen LogP contribution is 2.19. The highest BCUT2D eigenvalue weighted by Gasteiger charge is 2.22. The first kappa shape index (κ1) is 18.3. The molecule has 1 saturated heterocycles. The maximum Gasteiger partial charge on any atom is 0.251 e. The van der Waals surface area contributed by atoms with Gasteiger partial charge in [-0.2, -0.15) is 0 Å². The molecule has 1 unspecified atom stereocenters. The second-order valence-electron chi connectivity index (χ2n) is 6.94. The fraction of sp³-hybridized carbons (Fsp3) is 0.579. The van der Waals surface area contributed by atoms with Crippen LogP contribution in [0.15, 0.2) is 18.2 Å². The van der Waals surface area contributed by atoms with Crippen LogP contribution in [0.5, 0.6) is 0 Å². The summed E-state index contributed by atoms with van der Waals surface area (Å²) in [5.74, 6) is 0.0705. The van der Waals surface area contributed by atoms with Gasteiger partial charge >= 0.3 is 0 Å². The second-order valence-corrected chi connectivity index (χ2v) is 6.94. The largest absolute Gasteiger partial charge is 0.376 e. The summed E-state index contributed by atoms with van der Waals surface area (Å²) in [6, 6.07) is 5.96. The van der Waals surface area contributed by atoms with Crippen molar-refractivity contribution in [2.24, 2.45) is 0 Å². The van der Waals surface area contributed by atoms with Gasteiger partial charge in [0.1, 0.15) is 0 Å². The molecule has 2 amide bonds. The van der Waals surface area contributed by atoms with Gasteiger partial charge in [0.05, 0.1) is 6.54 Å². The third-order valence-electron chi connectivity index (χ3n) is 4.46. The number of carbonyl (C=O) groups is 2. The summed E-state index contributed by atoms with van der Waals surface area (Å²) in [5, 5.41) is 6.10. The number of anilines is 1. The number of carbonyl (C=O) groups excluding carboxylic acids is 2. The van der Waals surface area contributed by atoms with Crippen molar-refractivity contribution >= 4 is 17.5 Å². The molecule has 1 atom stereocenters. The van der Waals surface area contributed by atoms with Crippen molar-refractivity contribution in [3.8, 4) is 0 Å². The Labute approximate surface area is 144 Å². The summed E-state index contributed by atoms with van der Waals surface area (Å²) in [7, 11) is 0. The first-order chi connectivity index (χ1) is 11.4. The first-order valence-electron chi connectivity index (χ1n) is 8.83. The average Bonchev–Trinajstić information content (AvgIpc) is 2.53. The fourth-order valence-corrected chi connectivity index (χ4v) is 3.09. The second kappa shape index (κ2) is 8.18. The van der Waals surface area contributed by atoms with Gasteiger partial charge in [-0.05, 0) is 70.7 Å². The van der Waals surface area contributed by atoms with E-state index in [0.29, 0.717) is 18.2 Å². The van der Waals surface area contributed by atoms with Crippen LogP contribution in [0.25, 0.3) is 0 Å². The number of likely N-dealkylation sites (tertiary alicyclic amines) is 1. The zero-order chi connectivity index (χ0) is 17.7. The number of piperidine rings is 1. The third-order valence-corrected chi connectivity index (χ3v) is 4.46. The number of hydrogen-bond acceptors (Lipinski definition) is 3. The lowest BCUT2D eigenvalue weighted by atomic mass is 10.0. The van der Waals surface area contributed by atoms with Gasteiger partial charge in [0.2, 0.25) is 5.91 Å². The van der Waals surface area contributed by atoms with Gasteiger partial charge in [0, 0.05) is 29.9 Å². The Morgan fingerprint density at radius 2 is 2.04 bits per heavy atom. The normalized spacial score (nSPS) is 17.7. The van der Waals surface area contributed by atoms with E-state index in [1.807, 2.05) is 37.8 Å². The molecule has 0 spiro atoms. The number of aryl methyl sites for hydroxylation is 1. The molecule has 2 N–H and O–H groups in total. The van der Waals surface area contributed by atoms with Gasteiger partial charge in [-0.3, -0.25) is 9.59 Å². The Hall–Kier alpha value is -2.04. The van der Waals surface area contributed by atoms with Crippen molar-refractivity contribution in [1.29, 1.82) is 0 Å². The molecule has 1 aliphatic rings. The zero-order valence-electron chi connectivity index (χ0n) is 15.2. The Balaban J connectivity index is 1.95. The predicted octanol–water partition coefficient (Wildman–Crippen LogP) is 2.95. The molecule has 1 heterocycles. The standard InChI is InChI=1S/C19H29N3O2/c1-13(2)21-19(24)16-8-9-17(14(3)11-16)20-12-18(23)22-10-6-5-7-15(22)4/h8-9,11,13,15,20H,5-7,10,12H2,1-4H3,(H,21,24).